The van der Waals surface area contributed by atoms with Crippen molar-refractivity contribution in [2.24, 2.45) is 11.8 Å². The molecule has 1 aliphatic rings. The summed E-state index contributed by atoms with van der Waals surface area (Å²) in [5.74, 6) is 1.77. The van der Waals surface area contributed by atoms with Crippen LogP contribution in [0.4, 0.5) is 0 Å². The zero-order valence-corrected chi connectivity index (χ0v) is 10.5. The van der Waals surface area contributed by atoms with E-state index in [1.807, 2.05) is 6.07 Å². The summed E-state index contributed by atoms with van der Waals surface area (Å²) in [7, 11) is 0. The van der Waals surface area contributed by atoms with Crippen LogP contribution >= 0.6 is 11.6 Å². The molecule has 0 aliphatic heterocycles. The second kappa shape index (κ2) is 5.65. The lowest BCUT2D eigenvalue weighted by Crippen LogP contribution is -2.21. The predicted octanol–water partition coefficient (Wildman–Crippen LogP) is 3.26. The number of nitrogens with one attached hydrogen (secondary N) is 1. The van der Waals surface area contributed by atoms with E-state index in [1.165, 1.54) is 19.3 Å². The van der Waals surface area contributed by atoms with E-state index >= 15 is 0 Å². The quantitative estimate of drug-likeness (QED) is 0.871. The van der Waals surface area contributed by atoms with Crippen molar-refractivity contribution in [1.29, 1.82) is 0 Å². The molecule has 0 saturated heterocycles. The fraction of sp³-hybridized carbons (Fsp3) is 0.615. The molecule has 1 aliphatic carbocycles. The van der Waals surface area contributed by atoms with Gasteiger partial charge in [0.2, 0.25) is 0 Å². The van der Waals surface area contributed by atoms with E-state index in [2.05, 4.69) is 17.2 Å². The highest BCUT2D eigenvalue weighted by Crippen LogP contribution is 2.29. The van der Waals surface area contributed by atoms with Crippen LogP contribution in [-0.2, 0) is 6.54 Å². The average molecular weight is 239 g/mol. The molecule has 3 heteroatoms. The van der Waals surface area contributed by atoms with Gasteiger partial charge in [-0.25, -0.2) is 0 Å². The Hall–Kier alpha value is -0.600. The van der Waals surface area contributed by atoms with Gasteiger partial charge < -0.3 is 5.32 Å². The van der Waals surface area contributed by atoms with E-state index < -0.39 is 0 Å². The minimum Gasteiger partial charge on any atom is -0.312 e. The molecule has 0 spiro atoms. The fourth-order valence-corrected chi connectivity index (χ4v) is 2.65. The van der Waals surface area contributed by atoms with Crippen molar-refractivity contribution in [1.82, 2.24) is 10.3 Å². The van der Waals surface area contributed by atoms with E-state index in [-0.39, 0.29) is 0 Å². The van der Waals surface area contributed by atoms with Crippen molar-refractivity contribution in [3.63, 3.8) is 0 Å². The van der Waals surface area contributed by atoms with Gasteiger partial charge in [0, 0.05) is 18.9 Å². The topological polar surface area (TPSA) is 24.9 Å². The van der Waals surface area contributed by atoms with Crippen LogP contribution in [0.2, 0.25) is 5.02 Å². The minimum atomic E-state index is 0.759. The van der Waals surface area contributed by atoms with E-state index in [1.54, 1.807) is 12.4 Å². The molecule has 1 aromatic rings. The molecule has 1 heterocycles. The zero-order chi connectivity index (χ0) is 11.4. The predicted molar refractivity (Wildman–Crippen MR) is 67.5 cm³/mol. The lowest BCUT2D eigenvalue weighted by Gasteiger charge is -2.11. The van der Waals surface area contributed by atoms with Gasteiger partial charge in [0.25, 0.3) is 0 Å². The normalized spacial score (nSPS) is 24.9. The van der Waals surface area contributed by atoms with Gasteiger partial charge in [0.1, 0.15) is 0 Å². The monoisotopic (exact) mass is 238 g/mol. The molecule has 1 N–H and O–H groups in total. The zero-order valence-electron chi connectivity index (χ0n) is 9.75. The van der Waals surface area contributed by atoms with Crippen LogP contribution in [0.15, 0.2) is 18.5 Å². The maximum absolute atomic E-state index is 6.04. The Balaban J connectivity index is 1.74. The molecule has 2 unspecified atom stereocenters. The van der Waals surface area contributed by atoms with Crippen molar-refractivity contribution >= 4 is 11.6 Å². The molecule has 0 amide bonds. The lowest BCUT2D eigenvalue weighted by atomic mass is 10.1. The van der Waals surface area contributed by atoms with E-state index in [0.717, 1.165) is 35.5 Å². The Kier molecular flexibility index (Phi) is 4.19. The maximum atomic E-state index is 6.04. The number of pyridine rings is 1. The Labute approximate surface area is 102 Å². The summed E-state index contributed by atoms with van der Waals surface area (Å²) in [6, 6.07) is 1.98. The maximum Gasteiger partial charge on any atom is 0.0634 e. The SMILES string of the molecule is CC1CCC(CNCc2ccncc2Cl)C1. The third-order valence-corrected chi connectivity index (χ3v) is 3.75. The number of nitrogens with zero attached hydrogens (tertiary/aromatic N) is 1. The van der Waals surface area contributed by atoms with Gasteiger partial charge in [-0.05, 0) is 42.9 Å². The van der Waals surface area contributed by atoms with Crippen LogP contribution in [0, 0.1) is 11.8 Å². The Morgan fingerprint density at radius 3 is 3.06 bits per heavy atom. The summed E-state index contributed by atoms with van der Waals surface area (Å²) in [4.78, 5) is 3.98. The largest absolute Gasteiger partial charge is 0.312 e. The van der Waals surface area contributed by atoms with Gasteiger partial charge in [0.15, 0.2) is 0 Å². The third-order valence-electron chi connectivity index (χ3n) is 3.41. The standard InChI is InChI=1S/C13H19ClN2/c1-10-2-3-11(6-10)7-16-8-12-4-5-15-9-13(12)14/h4-5,9-11,16H,2-3,6-8H2,1H3. The Morgan fingerprint density at radius 2 is 2.38 bits per heavy atom. The van der Waals surface area contributed by atoms with Crippen LogP contribution in [0.1, 0.15) is 31.7 Å². The first-order valence-electron chi connectivity index (χ1n) is 6.05. The van der Waals surface area contributed by atoms with E-state index in [0.29, 0.717) is 0 Å². The minimum absolute atomic E-state index is 0.759. The van der Waals surface area contributed by atoms with E-state index in [4.69, 9.17) is 11.6 Å². The summed E-state index contributed by atoms with van der Waals surface area (Å²) < 4.78 is 0. The van der Waals surface area contributed by atoms with Crippen LogP contribution in [0.25, 0.3) is 0 Å². The van der Waals surface area contributed by atoms with Crippen LogP contribution in [0.3, 0.4) is 0 Å². The molecule has 1 fully saturated rings. The van der Waals surface area contributed by atoms with Crippen molar-refractivity contribution in [2.75, 3.05) is 6.54 Å². The molecule has 88 valence electrons. The second-order valence-corrected chi connectivity index (χ2v) is 5.29. The molecular weight excluding hydrogens is 220 g/mol. The second-order valence-electron chi connectivity index (χ2n) is 4.88. The van der Waals surface area contributed by atoms with Crippen LogP contribution < -0.4 is 5.32 Å². The highest BCUT2D eigenvalue weighted by Gasteiger charge is 2.20. The smallest absolute Gasteiger partial charge is 0.0634 e. The van der Waals surface area contributed by atoms with Crippen molar-refractivity contribution in [3.8, 4) is 0 Å². The van der Waals surface area contributed by atoms with Gasteiger partial charge >= 0.3 is 0 Å². The molecule has 2 atom stereocenters. The van der Waals surface area contributed by atoms with Crippen LogP contribution in [-0.4, -0.2) is 11.5 Å². The van der Waals surface area contributed by atoms with Gasteiger partial charge in [-0.2, -0.15) is 0 Å². The lowest BCUT2D eigenvalue weighted by molar-refractivity contribution is 0.470. The first-order chi connectivity index (χ1) is 7.75. The van der Waals surface area contributed by atoms with Gasteiger partial charge in [0.05, 0.1) is 5.02 Å². The summed E-state index contributed by atoms with van der Waals surface area (Å²) >= 11 is 6.04. The summed E-state index contributed by atoms with van der Waals surface area (Å²) in [5.41, 5.74) is 1.14. The number of aromatic nitrogens is 1. The highest BCUT2D eigenvalue weighted by molar-refractivity contribution is 6.31. The summed E-state index contributed by atoms with van der Waals surface area (Å²) in [5, 5.41) is 4.25. The van der Waals surface area contributed by atoms with Gasteiger partial charge in [-0.3, -0.25) is 4.98 Å². The van der Waals surface area contributed by atoms with Crippen molar-refractivity contribution in [3.05, 3.63) is 29.0 Å². The molecule has 2 nitrogen and oxygen atoms in total. The number of halogens is 1. The molecule has 2 rings (SSSR count). The Bertz CT molecular complexity index is 340. The first-order valence-corrected chi connectivity index (χ1v) is 6.42. The van der Waals surface area contributed by atoms with Crippen molar-refractivity contribution < 1.29 is 0 Å². The van der Waals surface area contributed by atoms with Gasteiger partial charge in [-0.1, -0.05) is 24.9 Å². The number of hydrogen-bond acceptors (Lipinski definition) is 2. The molecule has 0 aromatic carbocycles. The molecule has 0 radical (unpaired) electrons. The van der Waals surface area contributed by atoms with Crippen LogP contribution in [0.5, 0.6) is 0 Å². The highest BCUT2D eigenvalue weighted by atomic mass is 35.5. The molecule has 0 bridgehead atoms. The molecule has 1 saturated carbocycles. The molecule has 16 heavy (non-hydrogen) atoms. The average Bonchev–Trinajstić information content (AvgIpc) is 2.67. The molecular formula is C13H19ClN2. The first kappa shape index (κ1) is 11.9. The molecule has 1 aromatic heterocycles. The number of hydrogen-bond donors (Lipinski definition) is 1. The third kappa shape index (κ3) is 3.19. The van der Waals surface area contributed by atoms with Crippen molar-refractivity contribution in [2.45, 2.75) is 32.7 Å². The fourth-order valence-electron chi connectivity index (χ4n) is 2.47. The number of rotatable bonds is 4. The van der Waals surface area contributed by atoms with E-state index in [9.17, 15) is 0 Å². The van der Waals surface area contributed by atoms with Gasteiger partial charge in [-0.15, -0.1) is 0 Å². The summed E-state index contributed by atoms with van der Waals surface area (Å²) in [6.07, 6.45) is 7.63. The Morgan fingerprint density at radius 1 is 1.50 bits per heavy atom. The summed E-state index contributed by atoms with van der Waals surface area (Å²) in [6.45, 7) is 4.31.